The van der Waals surface area contributed by atoms with Crippen molar-refractivity contribution in [3.05, 3.63) is 42.4 Å². The van der Waals surface area contributed by atoms with Crippen LogP contribution in [-0.2, 0) is 17.8 Å². The second-order valence-corrected chi connectivity index (χ2v) is 6.84. The van der Waals surface area contributed by atoms with Crippen molar-refractivity contribution >= 4 is 11.7 Å². The van der Waals surface area contributed by atoms with Gasteiger partial charge in [-0.1, -0.05) is 6.42 Å². The fourth-order valence-electron chi connectivity index (χ4n) is 4.13. The molecule has 0 aliphatic heterocycles. The number of carbonyl (C=O) groups is 1. The van der Waals surface area contributed by atoms with Gasteiger partial charge in [-0.3, -0.25) is 14.5 Å². The largest absolute Gasteiger partial charge is 0.309 e. The van der Waals surface area contributed by atoms with Crippen molar-refractivity contribution in [3.63, 3.8) is 0 Å². The normalized spacial score (nSPS) is 25.7. The Hall–Kier alpha value is -2.17. The number of aryl methyl sites for hydroxylation is 2. The van der Waals surface area contributed by atoms with Crippen LogP contribution in [0.4, 0.5) is 5.82 Å². The summed E-state index contributed by atoms with van der Waals surface area (Å²) in [4.78, 5) is 16.4. The van der Waals surface area contributed by atoms with Crippen molar-refractivity contribution in [1.29, 1.82) is 0 Å². The minimum absolute atomic E-state index is 0.164. The van der Waals surface area contributed by atoms with Crippen molar-refractivity contribution in [2.75, 3.05) is 5.32 Å². The van der Waals surface area contributed by atoms with Crippen LogP contribution in [0.25, 0.3) is 0 Å². The number of carbonyl (C=O) groups excluding carboxylic acids is 1. The van der Waals surface area contributed by atoms with Gasteiger partial charge < -0.3 is 5.32 Å². The summed E-state index contributed by atoms with van der Waals surface area (Å²) < 4.78 is 1.89. The lowest BCUT2D eigenvalue weighted by atomic mass is 9.88. The van der Waals surface area contributed by atoms with Gasteiger partial charge in [-0.15, -0.1) is 0 Å². The third-order valence-electron chi connectivity index (χ3n) is 5.35. The molecule has 2 aliphatic carbocycles. The molecule has 2 aromatic heterocycles. The highest BCUT2D eigenvalue weighted by Gasteiger charge is 2.43. The summed E-state index contributed by atoms with van der Waals surface area (Å²) in [7, 11) is 0. The van der Waals surface area contributed by atoms with E-state index in [4.69, 9.17) is 0 Å². The van der Waals surface area contributed by atoms with E-state index in [1.165, 1.54) is 24.8 Å². The molecule has 2 aliphatic rings. The summed E-state index contributed by atoms with van der Waals surface area (Å²) >= 11 is 0. The van der Waals surface area contributed by atoms with Gasteiger partial charge in [0.05, 0.1) is 0 Å². The second kappa shape index (κ2) is 6.14. The Morgan fingerprint density at radius 1 is 1.22 bits per heavy atom. The lowest BCUT2D eigenvalue weighted by Crippen LogP contribution is -2.27. The van der Waals surface area contributed by atoms with E-state index >= 15 is 0 Å². The van der Waals surface area contributed by atoms with E-state index < -0.39 is 0 Å². The first kappa shape index (κ1) is 14.4. The maximum atomic E-state index is 12.4. The Morgan fingerprint density at radius 2 is 2.09 bits per heavy atom. The van der Waals surface area contributed by atoms with Crippen LogP contribution in [0.5, 0.6) is 0 Å². The monoisotopic (exact) mass is 310 g/mol. The quantitative estimate of drug-likeness (QED) is 0.923. The number of fused-ring (bicyclic) bond motifs is 2. The molecule has 23 heavy (non-hydrogen) atoms. The van der Waals surface area contributed by atoms with E-state index in [9.17, 15) is 4.79 Å². The summed E-state index contributed by atoms with van der Waals surface area (Å²) in [5, 5.41) is 7.47. The minimum Gasteiger partial charge on any atom is -0.309 e. The average Bonchev–Trinajstić information content (AvgIpc) is 3.30. The highest BCUT2D eigenvalue weighted by molar-refractivity contribution is 5.92. The van der Waals surface area contributed by atoms with Crippen LogP contribution in [0, 0.1) is 17.8 Å². The Labute approximate surface area is 136 Å². The number of hydrogen-bond donors (Lipinski definition) is 1. The topological polar surface area (TPSA) is 59.8 Å². The van der Waals surface area contributed by atoms with Crippen LogP contribution in [0.2, 0.25) is 0 Å². The first-order chi connectivity index (χ1) is 11.3. The van der Waals surface area contributed by atoms with Gasteiger partial charge >= 0.3 is 0 Å². The molecule has 0 spiro atoms. The smallest absolute Gasteiger partial charge is 0.228 e. The van der Waals surface area contributed by atoms with Crippen LogP contribution < -0.4 is 5.32 Å². The van der Waals surface area contributed by atoms with Gasteiger partial charge in [0.25, 0.3) is 0 Å². The zero-order chi connectivity index (χ0) is 15.6. The molecule has 120 valence electrons. The van der Waals surface area contributed by atoms with Crippen molar-refractivity contribution < 1.29 is 4.79 Å². The van der Waals surface area contributed by atoms with Gasteiger partial charge in [0.15, 0.2) is 5.82 Å². The SMILES string of the molecule is O=C(Nc1ccn(CCc2ccncc2)n1)[C@H]1C[C@H]2CC[C@H]1C2. The van der Waals surface area contributed by atoms with Crippen molar-refractivity contribution in [2.45, 2.75) is 38.6 Å². The zero-order valence-electron chi connectivity index (χ0n) is 13.2. The molecule has 2 bridgehead atoms. The maximum absolute atomic E-state index is 12.4. The molecule has 0 aromatic carbocycles. The van der Waals surface area contributed by atoms with E-state index in [1.807, 2.05) is 29.1 Å². The number of nitrogens with one attached hydrogen (secondary N) is 1. The molecule has 1 N–H and O–H groups in total. The first-order valence-corrected chi connectivity index (χ1v) is 8.51. The van der Waals surface area contributed by atoms with Gasteiger partial charge in [-0.25, -0.2) is 0 Å². The fourth-order valence-corrected chi connectivity index (χ4v) is 4.13. The summed E-state index contributed by atoms with van der Waals surface area (Å²) in [6.07, 6.45) is 11.3. The zero-order valence-corrected chi connectivity index (χ0v) is 13.2. The Bertz CT molecular complexity index is 681. The standard InChI is InChI=1S/C18H22N4O/c23-18(16-12-14-1-2-15(16)11-14)20-17-6-10-22(21-17)9-5-13-3-7-19-8-4-13/h3-4,6-8,10,14-16H,1-2,5,9,11-12H2,(H,20,21,23)/t14-,15-,16-/m0/s1. The molecular formula is C18H22N4O. The first-order valence-electron chi connectivity index (χ1n) is 8.51. The predicted octanol–water partition coefficient (Wildman–Crippen LogP) is 2.90. The number of rotatable bonds is 5. The molecule has 0 unspecified atom stereocenters. The van der Waals surface area contributed by atoms with Crippen molar-refractivity contribution in [2.24, 2.45) is 17.8 Å². The molecule has 2 aromatic rings. The van der Waals surface area contributed by atoms with Crippen molar-refractivity contribution in [1.82, 2.24) is 14.8 Å². The number of amides is 1. The average molecular weight is 310 g/mol. The van der Waals surface area contributed by atoms with E-state index in [0.717, 1.165) is 25.3 Å². The molecule has 3 atom stereocenters. The van der Waals surface area contributed by atoms with E-state index in [0.29, 0.717) is 11.7 Å². The van der Waals surface area contributed by atoms with E-state index in [1.54, 1.807) is 12.4 Å². The number of hydrogen-bond acceptors (Lipinski definition) is 3. The van der Waals surface area contributed by atoms with Crippen LogP contribution in [0.1, 0.15) is 31.2 Å². The molecule has 2 heterocycles. The Kier molecular flexibility index (Phi) is 3.85. The highest BCUT2D eigenvalue weighted by atomic mass is 16.2. The van der Waals surface area contributed by atoms with Crippen LogP contribution in [-0.4, -0.2) is 20.7 Å². The van der Waals surface area contributed by atoms with E-state index in [2.05, 4.69) is 15.4 Å². The van der Waals surface area contributed by atoms with Crippen molar-refractivity contribution in [3.8, 4) is 0 Å². The lowest BCUT2D eigenvalue weighted by molar-refractivity contribution is -0.121. The summed E-state index contributed by atoms with van der Waals surface area (Å²) in [5.41, 5.74) is 1.24. The van der Waals surface area contributed by atoms with Gasteiger partial charge in [0, 0.05) is 37.1 Å². The molecule has 5 nitrogen and oxygen atoms in total. The van der Waals surface area contributed by atoms with Crippen LogP contribution in [0.3, 0.4) is 0 Å². The minimum atomic E-state index is 0.164. The summed E-state index contributed by atoms with van der Waals surface area (Å²) in [6.45, 7) is 0.800. The van der Waals surface area contributed by atoms with Gasteiger partial charge in [-0.2, -0.15) is 5.10 Å². The molecular weight excluding hydrogens is 288 g/mol. The summed E-state index contributed by atoms with van der Waals surface area (Å²) in [5.74, 6) is 2.43. The number of nitrogens with zero attached hydrogens (tertiary/aromatic N) is 3. The molecule has 0 saturated heterocycles. The van der Waals surface area contributed by atoms with Crippen LogP contribution >= 0.6 is 0 Å². The third kappa shape index (κ3) is 3.14. The number of aromatic nitrogens is 3. The number of pyridine rings is 1. The fraction of sp³-hybridized carbons (Fsp3) is 0.500. The highest BCUT2D eigenvalue weighted by Crippen LogP contribution is 2.48. The molecule has 5 heteroatoms. The second-order valence-electron chi connectivity index (χ2n) is 6.84. The molecule has 4 rings (SSSR count). The Balaban J connectivity index is 1.32. The molecule has 2 fully saturated rings. The van der Waals surface area contributed by atoms with Gasteiger partial charge in [0.1, 0.15) is 0 Å². The molecule has 0 radical (unpaired) electrons. The van der Waals surface area contributed by atoms with Gasteiger partial charge in [-0.05, 0) is 55.2 Å². The Morgan fingerprint density at radius 3 is 2.83 bits per heavy atom. The maximum Gasteiger partial charge on any atom is 0.228 e. The predicted molar refractivity (Wildman–Crippen MR) is 87.7 cm³/mol. The third-order valence-corrected chi connectivity index (χ3v) is 5.35. The molecule has 1 amide bonds. The lowest BCUT2D eigenvalue weighted by Gasteiger charge is -2.20. The molecule has 2 saturated carbocycles. The van der Waals surface area contributed by atoms with E-state index in [-0.39, 0.29) is 11.8 Å². The number of anilines is 1. The van der Waals surface area contributed by atoms with Gasteiger partial charge in [0.2, 0.25) is 5.91 Å². The summed E-state index contributed by atoms with van der Waals surface area (Å²) in [6, 6.07) is 5.92. The van der Waals surface area contributed by atoms with Crippen LogP contribution in [0.15, 0.2) is 36.8 Å².